The highest BCUT2D eigenvalue weighted by atomic mass is 15.0. The van der Waals surface area contributed by atoms with Gasteiger partial charge in [-0.1, -0.05) is 18.2 Å². The lowest BCUT2D eigenvalue weighted by Gasteiger charge is -2.36. The molecule has 0 amide bonds. The Balaban J connectivity index is 1.93. The van der Waals surface area contributed by atoms with Crippen LogP contribution in [0.15, 0.2) is 24.3 Å². The molecule has 0 unspecified atom stereocenters. The molecule has 1 aliphatic carbocycles. The van der Waals surface area contributed by atoms with Gasteiger partial charge in [0.2, 0.25) is 0 Å². The second kappa shape index (κ2) is 3.34. The molecule has 3 nitrogen and oxygen atoms in total. The van der Waals surface area contributed by atoms with Gasteiger partial charge >= 0.3 is 0 Å². The number of nitrogens with two attached hydrogens (primary N) is 1. The van der Waals surface area contributed by atoms with Gasteiger partial charge in [-0.25, -0.2) is 0 Å². The summed E-state index contributed by atoms with van der Waals surface area (Å²) in [6.07, 6.45) is 3.46. The molecule has 0 saturated carbocycles. The third-order valence-electron chi connectivity index (χ3n) is 4.25. The SMILES string of the molecule is N[C@H]1C=C2c3cccc4c3[C@@H](CN4)C[C@H]2NC1. The fourth-order valence-electron chi connectivity index (χ4n) is 3.51. The molecule has 0 bridgehead atoms. The average Bonchev–Trinajstić information content (AvgIpc) is 2.75. The van der Waals surface area contributed by atoms with Crippen LogP contribution in [0.4, 0.5) is 5.69 Å². The van der Waals surface area contributed by atoms with E-state index in [9.17, 15) is 0 Å². The molecule has 0 saturated heterocycles. The van der Waals surface area contributed by atoms with E-state index in [1.54, 1.807) is 0 Å². The maximum absolute atomic E-state index is 6.03. The Morgan fingerprint density at radius 3 is 3.12 bits per heavy atom. The predicted octanol–water partition coefficient (Wildman–Crippen LogP) is 1.28. The Kier molecular flexibility index (Phi) is 1.90. The Hall–Kier alpha value is -1.32. The summed E-state index contributed by atoms with van der Waals surface area (Å²) in [6.45, 7) is 1.99. The van der Waals surface area contributed by atoms with Crippen molar-refractivity contribution in [2.24, 2.45) is 5.73 Å². The first-order valence-electron chi connectivity index (χ1n) is 6.41. The van der Waals surface area contributed by atoms with E-state index in [0.29, 0.717) is 12.0 Å². The molecule has 2 heterocycles. The second-order valence-corrected chi connectivity index (χ2v) is 5.33. The molecule has 3 atom stereocenters. The zero-order valence-corrected chi connectivity index (χ0v) is 9.74. The van der Waals surface area contributed by atoms with E-state index in [1.165, 1.54) is 28.8 Å². The van der Waals surface area contributed by atoms with Crippen molar-refractivity contribution < 1.29 is 0 Å². The van der Waals surface area contributed by atoms with Crippen LogP contribution in [-0.2, 0) is 0 Å². The molecule has 1 aromatic carbocycles. The van der Waals surface area contributed by atoms with E-state index >= 15 is 0 Å². The molecule has 0 radical (unpaired) electrons. The summed E-state index contributed by atoms with van der Waals surface area (Å²) in [5.74, 6) is 0.671. The third kappa shape index (κ3) is 1.30. The van der Waals surface area contributed by atoms with Crippen LogP contribution >= 0.6 is 0 Å². The lowest BCUT2D eigenvalue weighted by molar-refractivity contribution is 0.484. The fourth-order valence-corrected chi connectivity index (χ4v) is 3.51. The van der Waals surface area contributed by atoms with Crippen molar-refractivity contribution in [1.82, 2.24) is 5.32 Å². The fraction of sp³-hybridized carbons (Fsp3) is 0.429. The average molecular weight is 227 g/mol. The number of anilines is 1. The van der Waals surface area contributed by atoms with Gasteiger partial charge in [0.15, 0.2) is 0 Å². The van der Waals surface area contributed by atoms with Crippen LogP contribution in [0.5, 0.6) is 0 Å². The van der Waals surface area contributed by atoms with Crippen LogP contribution in [0, 0.1) is 0 Å². The van der Waals surface area contributed by atoms with E-state index in [4.69, 9.17) is 5.73 Å². The summed E-state index contributed by atoms with van der Waals surface area (Å²) >= 11 is 0. The Labute approximate surface area is 101 Å². The highest BCUT2D eigenvalue weighted by molar-refractivity contribution is 5.81. The van der Waals surface area contributed by atoms with Crippen molar-refractivity contribution in [3.63, 3.8) is 0 Å². The summed E-state index contributed by atoms with van der Waals surface area (Å²) in [6, 6.07) is 7.24. The zero-order valence-electron chi connectivity index (χ0n) is 9.74. The molecule has 4 N–H and O–H groups in total. The van der Waals surface area contributed by atoms with Crippen molar-refractivity contribution >= 4 is 11.3 Å². The monoisotopic (exact) mass is 227 g/mol. The number of rotatable bonds is 0. The van der Waals surface area contributed by atoms with Gasteiger partial charge in [0.05, 0.1) is 0 Å². The van der Waals surface area contributed by atoms with Crippen LogP contribution in [0.3, 0.4) is 0 Å². The van der Waals surface area contributed by atoms with Crippen LogP contribution in [0.1, 0.15) is 23.5 Å². The van der Waals surface area contributed by atoms with Crippen molar-refractivity contribution in [1.29, 1.82) is 0 Å². The smallest absolute Gasteiger partial charge is 0.0382 e. The minimum atomic E-state index is 0.156. The lowest BCUT2D eigenvalue weighted by atomic mass is 9.76. The van der Waals surface area contributed by atoms with E-state index in [-0.39, 0.29) is 6.04 Å². The van der Waals surface area contributed by atoms with Crippen LogP contribution in [-0.4, -0.2) is 25.2 Å². The van der Waals surface area contributed by atoms with Gasteiger partial charge in [0.25, 0.3) is 0 Å². The molecule has 3 aliphatic rings. The maximum Gasteiger partial charge on any atom is 0.0382 e. The Bertz CT molecular complexity index is 506. The van der Waals surface area contributed by atoms with Gasteiger partial charge in [0, 0.05) is 36.8 Å². The molecule has 2 aliphatic heterocycles. The van der Waals surface area contributed by atoms with E-state index in [1.807, 2.05) is 0 Å². The summed E-state index contributed by atoms with van der Waals surface area (Å²) < 4.78 is 0. The van der Waals surface area contributed by atoms with Gasteiger partial charge in [-0.2, -0.15) is 0 Å². The van der Waals surface area contributed by atoms with Gasteiger partial charge in [0.1, 0.15) is 0 Å². The van der Waals surface area contributed by atoms with Crippen LogP contribution in [0.25, 0.3) is 5.57 Å². The lowest BCUT2D eigenvalue weighted by Crippen LogP contribution is -2.46. The molecular formula is C14H17N3. The highest BCUT2D eigenvalue weighted by Crippen LogP contribution is 2.46. The van der Waals surface area contributed by atoms with Crippen LogP contribution in [0.2, 0.25) is 0 Å². The topological polar surface area (TPSA) is 50.1 Å². The second-order valence-electron chi connectivity index (χ2n) is 5.33. The quantitative estimate of drug-likeness (QED) is 0.626. The Morgan fingerprint density at radius 1 is 1.24 bits per heavy atom. The van der Waals surface area contributed by atoms with Gasteiger partial charge in [-0.05, 0) is 29.2 Å². The van der Waals surface area contributed by atoms with E-state index < -0.39 is 0 Å². The van der Waals surface area contributed by atoms with Crippen molar-refractivity contribution in [3.05, 3.63) is 35.4 Å². The molecule has 88 valence electrons. The van der Waals surface area contributed by atoms with Crippen molar-refractivity contribution in [3.8, 4) is 0 Å². The maximum atomic E-state index is 6.03. The van der Waals surface area contributed by atoms with E-state index in [0.717, 1.165) is 13.1 Å². The highest BCUT2D eigenvalue weighted by Gasteiger charge is 2.36. The predicted molar refractivity (Wildman–Crippen MR) is 70.0 cm³/mol. The summed E-state index contributed by atoms with van der Waals surface area (Å²) in [5, 5.41) is 7.09. The molecule has 17 heavy (non-hydrogen) atoms. The first kappa shape index (κ1) is 9.68. The summed E-state index contributed by atoms with van der Waals surface area (Å²) in [7, 11) is 0. The first-order valence-corrected chi connectivity index (χ1v) is 6.41. The number of fused-ring (bicyclic) bond motifs is 2. The number of nitrogens with one attached hydrogen (secondary N) is 2. The molecule has 4 rings (SSSR count). The third-order valence-corrected chi connectivity index (χ3v) is 4.25. The summed E-state index contributed by atoms with van der Waals surface area (Å²) in [5.41, 5.74) is 11.7. The largest absolute Gasteiger partial charge is 0.384 e. The summed E-state index contributed by atoms with van der Waals surface area (Å²) in [4.78, 5) is 0. The first-order chi connectivity index (χ1) is 8.33. The molecular weight excluding hydrogens is 210 g/mol. The minimum Gasteiger partial charge on any atom is -0.384 e. The van der Waals surface area contributed by atoms with Gasteiger partial charge < -0.3 is 16.4 Å². The van der Waals surface area contributed by atoms with Crippen molar-refractivity contribution in [2.75, 3.05) is 18.4 Å². The molecule has 0 aromatic heterocycles. The number of hydrogen-bond acceptors (Lipinski definition) is 3. The Morgan fingerprint density at radius 2 is 2.18 bits per heavy atom. The standard InChI is InChI=1S/C14H17N3/c15-9-5-11-10-2-1-3-12-14(10)8(6-16-12)4-13(11)17-7-9/h1-3,5,8-9,13,16-17H,4,6-7,15H2/t8-,9+,13-/m1/s1. The minimum absolute atomic E-state index is 0.156. The molecule has 3 heteroatoms. The van der Waals surface area contributed by atoms with Crippen LogP contribution < -0.4 is 16.4 Å². The number of hydrogen-bond donors (Lipinski definition) is 3. The molecule has 1 aromatic rings. The van der Waals surface area contributed by atoms with E-state index in [2.05, 4.69) is 34.9 Å². The van der Waals surface area contributed by atoms with Gasteiger partial charge in [-0.15, -0.1) is 0 Å². The number of benzene rings is 1. The van der Waals surface area contributed by atoms with Gasteiger partial charge in [-0.3, -0.25) is 0 Å². The van der Waals surface area contributed by atoms with Crippen molar-refractivity contribution in [2.45, 2.75) is 24.4 Å². The zero-order chi connectivity index (χ0) is 11.4. The molecule has 0 spiro atoms. The molecule has 0 fully saturated rings. The normalized spacial score (nSPS) is 33.5.